The first-order chi connectivity index (χ1) is 9.92. The van der Waals surface area contributed by atoms with E-state index in [0.29, 0.717) is 8.48 Å². The minimum absolute atomic E-state index is 0.302. The van der Waals surface area contributed by atoms with Crippen molar-refractivity contribution in [3.05, 3.63) is 65.1 Å². The van der Waals surface area contributed by atoms with Gasteiger partial charge in [-0.25, -0.2) is 8.42 Å². The highest BCUT2D eigenvalue weighted by Crippen LogP contribution is 2.27. The quantitative estimate of drug-likeness (QED) is 0.705. The second kappa shape index (κ2) is 6.62. The van der Waals surface area contributed by atoms with E-state index >= 15 is 0 Å². The third-order valence-electron chi connectivity index (χ3n) is 2.97. The van der Waals surface area contributed by atoms with Gasteiger partial charge in [-0.1, -0.05) is 29.8 Å². The number of aryl methyl sites for hydroxylation is 1. The molecule has 0 aliphatic carbocycles. The lowest BCUT2D eigenvalue weighted by Crippen LogP contribution is -1.97. The largest absolute Gasteiger partial charge is 0.497 e. The zero-order valence-corrected chi connectivity index (χ0v) is 14.7. The summed E-state index contributed by atoms with van der Waals surface area (Å²) in [7, 11) is -1.85. The molecule has 2 aromatic rings. The van der Waals surface area contributed by atoms with E-state index in [4.69, 9.17) is 4.74 Å². The highest BCUT2D eigenvalue weighted by molar-refractivity contribution is 14.1. The number of rotatable bonds is 4. The van der Waals surface area contributed by atoms with Crippen molar-refractivity contribution in [2.75, 3.05) is 7.11 Å². The SMILES string of the molecule is COc1ccc(/C(I)=C/S(=O)(=O)c2ccc(C)cc2)cc1. The molecular weight excluding hydrogens is 399 g/mol. The maximum atomic E-state index is 12.3. The molecule has 0 N–H and O–H groups in total. The molecule has 110 valence electrons. The Labute approximate surface area is 138 Å². The van der Waals surface area contributed by atoms with Gasteiger partial charge >= 0.3 is 0 Å². The van der Waals surface area contributed by atoms with Crippen LogP contribution < -0.4 is 4.74 Å². The maximum absolute atomic E-state index is 12.3. The summed E-state index contributed by atoms with van der Waals surface area (Å²) in [5.41, 5.74) is 1.87. The van der Waals surface area contributed by atoms with Crippen molar-refractivity contribution in [1.29, 1.82) is 0 Å². The van der Waals surface area contributed by atoms with E-state index in [0.717, 1.165) is 16.9 Å². The highest BCUT2D eigenvalue weighted by atomic mass is 127. The van der Waals surface area contributed by atoms with E-state index in [9.17, 15) is 8.42 Å². The van der Waals surface area contributed by atoms with Gasteiger partial charge in [-0.15, -0.1) is 0 Å². The van der Waals surface area contributed by atoms with Gasteiger partial charge in [0.25, 0.3) is 0 Å². The monoisotopic (exact) mass is 414 g/mol. The first-order valence-electron chi connectivity index (χ1n) is 6.26. The zero-order valence-electron chi connectivity index (χ0n) is 11.7. The van der Waals surface area contributed by atoms with Crippen molar-refractivity contribution in [1.82, 2.24) is 0 Å². The second-order valence-electron chi connectivity index (χ2n) is 4.55. The van der Waals surface area contributed by atoms with Crippen LogP contribution in [-0.2, 0) is 9.84 Å². The summed E-state index contributed by atoms with van der Waals surface area (Å²) in [5, 5.41) is 1.29. The minimum Gasteiger partial charge on any atom is -0.497 e. The molecule has 21 heavy (non-hydrogen) atoms. The number of methoxy groups -OCH3 is 1. The molecular formula is C16H15IO3S. The van der Waals surface area contributed by atoms with E-state index in [-0.39, 0.29) is 0 Å². The van der Waals surface area contributed by atoms with Crippen molar-refractivity contribution < 1.29 is 13.2 Å². The van der Waals surface area contributed by atoms with Gasteiger partial charge in [0.2, 0.25) is 9.84 Å². The second-order valence-corrected chi connectivity index (χ2v) is 7.51. The topological polar surface area (TPSA) is 43.4 Å². The summed E-state index contributed by atoms with van der Waals surface area (Å²) >= 11 is 2.03. The molecule has 3 nitrogen and oxygen atoms in total. The van der Waals surface area contributed by atoms with Gasteiger partial charge in [0.15, 0.2) is 0 Å². The molecule has 0 saturated heterocycles. The molecule has 0 spiro atoms. The van der Waals surface area contributed by atoms with E-state index in [1.807, 2.05) is 41.6 Å². The average Bonchev–Trinajstić information content (AvgIpc) is 2.47. The number of sulfone groups is 1. The Balaban J connectivity index is 2.33. The predicted octanol–water partition coefficient (Wildman–Crippen LogP) is 4.21. The van der Waals surface area contributed by atoms with Gasteiger partial charge in [-0.05, 0) is 59.3 Å². The summed E-state index contributed by atoms with van der Waals surface area (Å²) in [4.78, 5) is 0.302. The Hall–Kier alpha value is -1.34. The normalized spacial score (nSPS) is 12.2. The standard InChI is InChI=1S/C16H15IO3S/c1-12-3-9-15(10-4-12)21(18,19)11-16(17)13-5-7-14(20-2)8-6-13/h3-11H,1-2H3/b16-11-. The molecule has 0 saturated carbocycles. The maximum Gasteiger partial charge on any atom is 0.200 e. The van der Waals surface area contributed by atoms with E-state index in [1.54, 1.807) is 43.5 Å². The van der Waals surface area contributed by atoms with Crippen LogP contribution in [0.2, 0.25) is 0 Å². The Morgan fingerprint density at radius 2 is 1.62 bits per heavy atom. The summed E-state index contributed by atoms with van der Waals surface area (Å²) < 4.78 is 30.4. The number of benzene rings is 2. The van der Waals surface area contributed by atoms with Crippen LogP contribution in [0.15, 0.2) is 58.8 Å². The van der Waals surface area contributed by atoms with Crippen LogP contribution >= 0.6 is 22.6 Å². The number of hydrogen-bond acceptors (Lipinski definition) is 3. The third-order valence-corrected chi connectivity index (χ3v) is 5.81. The molecule has 0 bridgehead atoms. The van der Waals surface area contributed by atoms with Gasteiger partial charge in [0.1, 0.15) is 5.75 Å². The molecule has 0 fully saturated rings. The summed E-state index contributed by atoms with van der Waals surface area (Å²) in [6.45, 7) is 1.92. The van der Waals surface area contributed by atoms with Crippen LogP contribution in [-0.4, -0.2) is 15.5 Å². The van der Waals surface area contributed by atoms with Crippen molar-refractivity contribution in [2.24, 2.45) is 0 Å². The third kappa shape index (κ3) is 4.07. The fraction of sp³-hybridized carbons (Fsp3) is 0.125. The Kier molecular flexibility index (Phi) is 5.05. The molecule has 0 aliphatic rings. The Bertz CT molecular complexity index is 745. The molecule has 0 aliphatic heterocycles. The molecule has 2 aromatic carbocycles. The fourth-order valence-corrected chi connectivity index (χ4v) is 4.17. The zero-order chi connectivity index (χ0) is 15.5. The van der Waals surface area contributed by atoms with Gasteiger partial charge in [-0.3, -0.25) is 0 Å². The smallest absolute Gasteiger partial charge is 0.200 e. The van der Waals surface area contributed by atoms with Crippen molar-refractivity contribution in [3.63, 3.8) is 0 Å². The van der Waals surface area contributed by atoms with Gasteiger partial charge < -0.3 is 4.74 Å². The summed E-state index contributed by atoms with van der Waals surface area (Å²) in [5.74, 6) is 0.740. The predicted molar refractivity (Wildman–Crippen MR) is 93.4 cm³/mol. The fourth-order valence-electron chi connectivity index (χ4n) is 1.75. The molecule has 0 heterocycles. The molecule has 5 heteroatoms. The van der Waals surface area contributed by atoms with Crippen LogP contribution in [0.5, 0.6) is 5.75 Å². The Morgan fingerprint density at radius 1 is 1.05 bits per heavy atom. The van der Waals surface area contributed by atoms with Gasteiger partial charge in [0, 0.05) is 8.99 Å². The number of ether oxygens (including phenoxy) is 1. The van der Waals surface area contributed by atoms with Crippen LogP contribution in [0.3, 0.4) is 0 Å². The van der Waals surface area contributed by atoms with Gasteiger partial charge in [-0.2, -0.15) is 0 Å². The number of halogens is 1. The number of hydrogen-bond donors (Lipinski definition) is 0. The van der Waals surface area contributed by atoms with E-state index in [1.165, 1.54) is 5.41 Å². The van der Waals surface area contributed by atoms with Gasteiger partial charge in [0.05, 0.1) is 12.0 Å². The first-order valence-corrected chi connectivity index (χ1v) is 8.88. The van der Waals surface area contributed by atoms with Crippen molar-refractivity contribution in [3.8, 4) is 5.75 Å². The molecule has 0 aromatic heterocycles. The minimum atomic E-state index is -3.44. The lowest BCUT2D eigenvalue weighted by atomic mass is 10.2. The van der Waals surface area contributed by atoms with Crippen molar-refractivity contribution >= 4 is 36.0 Å². The summed E-state index contributed by atoms with van der Waals surface area (Å²) in [6, 6.07) is 14.1. The molecule has 2 rings (SSSR count). The van der Waals surface area contributed by atoms with E-state index < -0.39 is 9.84 Å². The lowest BCUT2D eigenvalue weighted by Gasteiger charge is -2.04. The van der Waals surface area contributed by atoms with Crippen molar-refractivity contribution in [2.45, 2.75) is 11.8 Å². The lowest BCUT2D eigenvalue weighted by molar-refractivity contribution is 0.415. The molecule has 0 amide bonds. The Morgan fingerprint density at radius 3 is 2.14 bits per heavy atom. The molecule has 0 unspecified atom stereocenters. The van der Waals surface area contributed by atoms with Crippen LogP contribution in [0.1, 0.15) is 11.1 Å². The molecule has 0 atom stereocenters. The van der Waals surface area contributed by atoms with Crippen LogP contribution in [0.25, 0.3) is 3.58 Å². The highest BCUT2D eigenvalue weighted by Gasteiger charge is 2.12. The molecule has 0 radical (unpaired) electrons. The summed E-state index contributed by atoms with van der Waals surface area (Å²) in [6.07, 6.45) is 0. The first kappa shape index (κ1) is 16.0. The van der Waals surface area contributed by atoms with Crippen LogP contribution in [0, 0.1) is 6.92 Å². The van der Waals surface area contributed by atoms with Crippen LogP contribution in [0.4, 0.5) is 0 Å². The average molecular weight is 414 g/mol. The van der Waals surface area contributed by atoms with E-state index in [2.05, 4.69) is 0 Å².